The second-order valence-electron chi connectivity index (χ2n) is 13.9. The van der Waals surface area contributed by atoms with Crippen LogP contribution in [0, 0.1) is 0 Å². The quantitative estimate of drug-likeness (QED) is 0.185. The molecule has 0 N–H and O–H groups in total. The lowest BCUT2D eigenvalue weighted by Crippen LogP contribution is -2.32. The lowest BCUT2D eigenvalue weighted by atomic mass is 9.65. The van der Waals surface area contributed by atoms with Crippen molar-refractivity contribution in [3.05, 3.63) is 239 Å². The first kappa shape index (κ1) is 28.4. The molecule has 1 nitrogen and oxygen atoms in total. The maximum absolute atomic E-state index is 7.15. The van der Waals surface area contributed by atoms with Gasteiger partial charge in [0, 0.05) is 16.7 Å². The normalized spacial score (nSPS) is 14.7. The molecule has 0 saturated carbocycles. The summed E-state index contributed by atoms with van der Waals surface area (Å²) in [6.07, 6.45) is 0. The van der Waals surface area contributed by atoms with E-state index in [9.17, 15) is 0 Å². The second kappa shape index (κ2) is 10.5. The SMILES string of the molecule is c1ccc(C2(c3ccccc3)c3ccccc3-c3c(-c4cccc5c4Oc4ccccc4C54c5ccccc5-c5ccccc54)cccc32)cc1. The largest absolute Gasteiger partial charge is 0.456 e. The highest BCUT2D eigenvalue weighted by molar-refractivity contribution is 5.98. The number of para-hydroxylation sites is 2. The number of hydrogen-bond donors (Lipinski definition) is 0. The van der Waals surface area contributed by atoms with Crippen molar-refractivity contribution in [2.24, 2.45) is 0 Å². The Bertz CT molecular complexity index is 2580. The lowest BCUT2D eigenvalue weighted by Gasteiger charge is -2.40. The summed E-state index contributed by atoms with van der Waals surface area (Å²) in [4.78, 5) is 0. The predicted molar refractivity (Wildman–Crippen MR) is 207 cm³/mol. The first-order chi connectivity index (χ1) is 25.3. The zero-order valence-electron chi connectivity index (χ0n) is 27.9. The minimum Gasteiger partial charge on any atom is -0.456 e. The van der Waals surface area contributed by atoms with E-state index < -0.39 is 10.8 Å². The number of rotatable bonds is 3. The highest BCUT2D eigenvalue weighted by Gasteiger charge is 2.52. The third-order valence-corrected chi connectivity index (χ3v) is 11.6. The van der Waals surface area contributed by atoms with Gasteiger partial charge in [-0.2, -0.15) is 0 Å². The third-order valence-electron chi connectivity index (χ3n) is 11.6. The van der Waals surface area contributed by atoms with Crippen LogP contribution in [0.2, 0.25) is 0 Å². The molecule has 1 heterocycles. The Kier molecular flexibility index (Phi) is 5.86. The predicted octanol–water partition coefficient (Wildman–Crippen LogP) is 12.2. The molecule has 0 bridgehead atoms. The highest BCUT2D eigenvalue weighted by Crippen LogP contribution is 2.64. The van der Waals surface area contributed by atoms with Gasteiger partial charge >= 0.3 is 0 Å². The summed E-state index contributed by atoms with van der Waals surface area (Å²) in [7, 11) is 0. The van der Waals surface area contributed by atoms with Crippen LogP contribution in [0.4, 0.5) is 0 Å². The van der Waals surface area contributed by atoms with Crippen molar-refractivity contribution in [3.63, 3.8) is 0 Å². The van der Waals surface area contributed by atoms with Crippen molar-refractivity contribution in [1.29, 1.82) is 0 Å². The zero-order chi connectivity index (χ0) is 33.6. The Morgan fingerprint density at radius 1 is 0.275 bits per heavy atom. The van der Waals surface area contributed by atoms with Crippen LogP contribution < -0.4 is 4.74 Å². The molecule has 51 heavy (non-hydrogen) atoms. The maximum Gasteiger partial charge on any atom is 0.140 e. The van der Waals surface area contributed by atoms with Gasteiger partial charge in [-0.1, -0.05) is 188 Å². The van der Waals surface area contributed by atoms with E-state index in [1.165, 1.54) is 72.3 Å². The fraction of sp³-hybridized carbons (Fsp3) is 0.0400. The molecule has 0 atom stereocenters. The van der Waals surface area contributed by atoms with Crippen LogP contribution in [0.25, 0.3) is 33.4 Å². The van der Waals surface area contributed by atoms with E-state index >= 15 is 0 Å². The molecule has 0 unspecified atom stereocenters. The van der Waals surface area contributed by atoms with Crippen LogP contribution in [-0.4, -0.2) is 0 Å². The van der Waals surface area contributed by atoms with E-state index in [1.807, 2.05) is 0 Å². The van der Waals surface area contributed by atoms with E-state index in [2.05, 4.69) is 194 Å². The third kappa shape index (κ3) is 3.55. The topological polar surface area (TPSA) is 9.23 Å². The molecule has 2 aliphatic carbocycles. The van der Waals surface area contributed by atoms with Crippen LogP contribution in [0.5, 0.6) is 11.5 Å². The second-order valence-corrected chi connectivity index (χ2v) is 13.9. The summed E-state index contributed by atoms with van der Waals surface area (Å²) in [5.74, 6) is 1.82. The standard InChI is InChI=1S/C50H32O/c1-3-17-33(18-4-1)49(34-19-5-2-6-20-34)42-28-12-9-23-39(42)47-37(24-15-30-44(47)49)38-25-16-31-45-48(38)51-46-32-14-13-29-43(46)50(45)40-26-10-7-21-35(40)36-22-8-11-27-41(36)50/h1-32H. The summed E-state index contributed by atoms with van der Waals surface area (Å²) in [6, 6.07) is 71.2. The Morgan fingerprint density at radius 2 is 0.706 bits per heavy atom. The van der Waals surface area contributed by atoms with Crippen molar-refractivity contribution in [2.75, 3.05) is 0 Å². The summed E-state index contributed by atoms with van der Waals surface area (Å²) in [5, 5.41) is 0. The van der Waals surface area contributed by atoms with Gasteiger partial charge in [0.15, 0.2) is 0 Å². The minimum absolute atomic E-state index is 0.475. The van der Waals surface area contributed by atoms with Crippen LogP contribution >= 0.6 is 0 Å². The molecular formula is C50H32O. The molecule has 3 aliphatic rings. The van der Waals surface area contributed by atoms with Gasteiger partial charge in [-0.25, -0.2) is 0 Å². The van der Waals surface area contributed by atoms with Gasteiger partial charge in [-0.05, 0) is 67.3 Å². The fourth-order valence-corrected chi connectivity index (χ4v) is 9.81. The molecular weight excluding hydrogens is 617 g/mol. The van der Waals surface area contributed by atoms with Gasteiger partial charge in [0.2, 0.25) is 0 Å². The molecule has 0 amide bonds. The minimum atomic E-state index is -0.513. The Balaban J connectivity index is 1.25. The average Bonchev–Trinajstić information content (AvgIpc) is 3.68. The summed E-state index contributed by atoms with van der Waals surface area (Å²) in [6.45, 7) is 0. The molecule has 1 aliphatic heterocycles. The van der Waals surface area contributed by atoms with E-state index in [0.29, 0.717) is 0 Å². The molecule has 8 aromatic rings. The van der Waals surface area contributed by atoms with Crippen molar-refractivity contribution >= 4 is 0 Å². The van der Waals surface area contributed by atoms with Gasteiger partial charge in [-0.3, -0.25) is 0 Å². The summed E-state index contributed by atoms with van der Waals surface area (Å²) >= 11 is 0. The molecule has 8 aromatic carbocycles. The summed E-state index contributed by atoms with van der Waals surface area (Å²) < 4.78 is 7.15. The molecule has 0 radical (unpaired) electrons. The Hall–Kier alpha value is -6.44. The lowest BCUT2D eigenvalue weighted by molar-refractivity contribution is 0.438. The van der Waals surface area contributed by atoms with E-state index in [0.717, 1.165) is 17.1 Å². The molecule has 11 rings (SSSR count). The maximum atomic E-state index is 7.15. The number of benzene rings is 8. The molecule has 1 heteroatoms. The molecule has 238 valence electrons. The van der Waals surface area contributed by atoms with E-state index in [1.54, 1.807) is 0 Å². The molecule has 1 spiro atoms. The zero-order valence-corrected chi connectivity index (χ0v) is 27.9. The number of hydrogen-bond acceptors (Lipinski definition) is 1. The van der Waals surface area contributed by atoms with Crippen molar-refractivity contribution in [3.8, 4) is 44.9 Å². The number of fused-ring (bicyclic) bond motifs is 12. The average molecular weight is 649 g/mol. The van der Waals surface area contributed by atoms with Crippen molar-refractivity contribution in [2.45, 2.75) is 10.8 Å². The Morgan fingerprint density at radius 3 is 1.33 bits per heavy atom. The van der Waals surface area contributed by atoms with Gasteiger partial charge in [0.25, 0.3) is 0 Å². The summed E-state index contributed by atoms with van der Waals surface area (Å²) in [5.41, 5.74) is 16.5. The molecule has 0 saturated heterocycles. The van der Waals surface area contributed by atoms with Gasteiger partial charge < -0.3 is 4.74 Å². The monoisotopic (exact) mass is 648 g/mol. The smallest absolute Gasteiger partial charge is 0.140 e. The van der Waals surface area contributed by atoms with E-state index in [4.69, 9.17) is 4.74 Å². The van der Waals surface area contributed by atoms with E-state index in [-0.39, 0.29) is 0 Å². The number of ether oxygens (including phenoxy) is 1. The molecule has 0 fully saturated rings. The van der Waals surface area contributed by atoms with Crippen LogP contribution in [0.15, 0.2) is 194 Å². The van der Waals surface area contributed by atoms with Crippen molar-refractivity contribution < 1.29 is 4.74 Å². The van der Waals surface area contributed by atoms with Crippen LogP contribution in [-0.2, 0) is 10.8 Å². The van der Waals surface area contributed by atoms with Gasteiger partial charge in [0.05, 0.1) is 10.8 Å². The van der Waals surface area contributed by atoms with Gasteiger partial charge in [0.1, 0.15) is 11.5 Å². The first-order valence-electron chi connectivity index (χ1n) is 17.8. The van der Waals surface area contributed by atoms with Gasteiger partial charge in [-0.15, -0.1) is 0 Å². The van der Waals surface area contributed by atoms with Crippen molar-refractivity contribution in [1.82, 2.24) is 0 Å². The first-order valence-corrected chi connectivity index (χ1v) is 17.8. The van der Waals surface area contributed by atoms with Crippen LogP contribution in [0.3, 0.4) is 0 Å². The fourth-order valence-electron chi connectivity index (χ4n) is 9.81. The van der Waals surface area contributed by atoms with Crippen LogP contribution in [0.1, 0.15) is 44.5 Å². The molecule has 0 aromatic heterocycles. The Labute approximate surface area is 298 Å². The highest BCUT2D eigenvalue weighted by atomic mass is 16.5.